The van der Waals surface area contributed by atoms with Gasteiger partial charge in [0.15, 0.2) is 0 Å². The average Bonchev–Trinajstić information content (AvgIpc) is 2.50. The molecule has 5 heteroatoms. The van der Waals surface area contributed by atoms with Crippen LogP contribution >= 0.6 is 0 Å². The second-order valence-corrected chi connectivity index (χ2v) is 4.79. The molecule has 80 valence electrons. The number of fused-ring (bicyclic) bond motifs is 1. The van der Waals surface area contributed by atoms with Crippen molar-refractivity contribution in [2.75, 3.05) is 13.2 Å². The predicted molar refractivity (Wildman–Crippen MR) is 51.0 cm³/mol. The number of hydrogen-bond donors (Lipinski definition) is 2. The lowest BCUT2D eigenvalue weighted by atomic mass is 9.99. The van der Waals surface area contributed by atoms with E-state index >= 15 is 0 Å². The molecule has 2 fully saturated rings. The summed E-state index contributed by atoms with van der Waals surface area (Å²) in [4.78, 5) is 19.1. The third-order valence-electron chi connectivity index (χ3n) is 2.72. The minimum Gasteiger partial charge on any atom is -0.325 e. The molecule has 5 nitrogen and oxygen atoms in total. The number of hydroxylamine groups is 1. The topological polar surface area (TPSA) is 53.6 Å². The Kier molecular flexibility index (Phi) is 2.25. The second kappa shape index (κ2) is 3.18. The van der Waals surface area contributed by atoms with Crippen LogP contribution in [0.1, 0.15) is 20.8 Å². The Morgan fingerprint density at radius 1 is 1.50 bits per heavy atom. The first kappa shape index (κ1) is 9.89. The Labute approximate surface area is 83.7 Å². The quantitative estimate of drug-likeness (QED) is 0.560. The molecule has 2 unspecified atom stereocenters. The van der Waals surface area contributed by atoms with E-state index in [1.165, 1.54) is 0 Å². The Morgan fingerprint density at radius 2 is 2.21 bits per heavy atom. The first-order valence-corrected chi connectivity index (χ1v) is 4.93. The highest BCUT2D eigenvalue weighted by Gasteiger charge is 2.43. The summed E-state index contributed by atoms with van der Waals surface area (Å²) in [5.74, 6) is 0.0919. The third-order valence-corrected chi connectivity index (χ3v) is 2.72. The smallest absolute Gasteiger partial charge is 0.232 e. The van der Waals surface area contributed by atoms with E-state index in [1.54, 1.807) is 0 Å². The van der Waals surface area contributed by atoms with Crippen molar-refractivity contribution in [1.29, 1.82) is 0 Å². The summed E-state index contributed by atoms with van der Waals surface area (Å²) in [6, 6.07) is 0. The van der Waals surface area contributed by atoms with Gasteiger partial charge in [0.05, 0.1) is 12.6 Å². The van der Waals surface area contributed by atoms with Crippen LogP contribution in [0.3, 0.4) is 0 Å². The van der Waals surface area contributed by atoms with Gasteiger partial charge < -0.3 is 4.90 Å². The van der Waals surface area contributed by atoms with E-state index in [0.29, 0.717) is 13.2 Å². The number of carbonyl (C=O) groups excluding carboxylic acids is 1. The molecule has 0 aromatic rings. The van der Waals surface area contributed by atoms with Crippen LogP contribution in [0.15, 0.2) is 0 Å². The van der Waals surface area contributed by atoms with E-state index in [4.69, 9.17) is 4.84 Å². The maximum atomic E-state index is 12.0. The third kappa shape index (κ3) is 1.51. The van der Waals surface area contributed by atoms with Gasteiger partial charge in [0, 0.05) is 12.1 Å². The van der Waals surface area contributed by atoms with Gasteiger partial charge in [0.2, 0.25) is 5.91 Å². The van der Waals surface area contributed by atoms with Crippen LogP contribution < -0.4 is 10.8 Å². The molecule has 1 amide bonds. The zero-order valence-electron chi connectivity index (χ0n) is 8.83. The van der Waals surface area contributed by atoms with Crippen LogP contribution in [0.4, 0.5) is 0 Å². The number of amides is 1. The summed E-state index contributed by atoms with van der Waals surface area (Å²) in [5.41, 5.74) is 2.63. The van der Waals surface area contributed by atoms with Crippen molar-refractivity contribution in [2.45, 2.75) is 32.5 Å². The highest BCUT2D eigenvalue weighted by atomic mass is 16.7. The maximum Gasteiger partial charge on any atom is 0.232 e. The molecular formula is C9H17N3O2. The Bertz CT molecular complexity index is 249. The van der Waals surface area contributed by atoms with Gasteiger partial charge >= 0.3 is 0 Å². The molecule has 0 spiro atoms. The van der Waals surface area contributed by atoms with E-state index in [2.05, 4.69) is 10.8 Å². The SMILES string of the molecule is CC(C)(C)N1CNC2ONCC2C1=O. The molecule has 0 saturated carbocycles. The fourth-order valence-electron chi connectivity index (χ4n) is 1.84. The normalized spacial score (nSPS) is 33.4. The number of nitrogens with zero attached hydrogens (tertiary/aromatic N) is 1. The summed E-state index contributed by atoms with van der Waals surface area (Å²) in [6.07, 6.45) is -0.152. The molecule has 0 bridgehead atoms. The summed E-state index contributed by atoms with van der Waals surface area (Å²) in [5, 5.41) is 3.19. The van der Waals surface area contributed by atoms with Gasteiger partial charge in [-0.2, -0.15) is 5.48 Å². The maximum absolute atomic E-state index is 12.0. The van der Waals surface area contributed by atoms with Crippen molar-refractivity contribution in [2.24, 2.45) is 5.92 Å². The molecule has 0 aliphatic carbocycles. The fraction of sp³-hybridized carbons (Fsp3) is 0.889. The summed E-state index contributed by atoms with van der Waals surface area (Å²) >= 11 is 0. The van der Waals surface area contributed by atoms with Crippen LogP contribution in [-0.2, 0) is 9.63 Å². The van der Waals surface area contributed by atoms with Crippen LogP contribution in [0.25, 0.3) is 0 Å². The molecule has 2 N–H and O–H groups in total. The van der Waals surface area contributed by atoms with E-state index in [1.807, 2.05) is 25.7 Å². The van der Waals surface area contributed by atoms with Gasteiger partial charge in [0.1, 0.15) is 6.23 Å². The minimum absolute atomic E-state index is 0.0806. The Hall–Kier alpha value is -0.650. The van der Waals surface area contributed by atoms with Crippen molar-refractivity contribution in [3.8, 4) is 0 Å². The lowest BCUT2D eigenvalue weighted by molar-refractivity contribution is -0.150. The molecule has 0 aromatic heterocycles. The predicted octanol–water partition coefficient (Wildman–Crippen LogP) is -0.349. The molecule has 2 saturated heterocycles. The van der Waals surface area contributed by atoms with E-state index in [0.717, 1.165) is 0 Å². The van der Waals surface area contributed by atoms with Gasteiger partial charge in [-0.25, -0.2) is 0 Å². The van der Waals surface area contributed by atoms with Crippen LogP contribution in [0.5, 0.6) is 0 Å². The van der Waals surface area contributed by atoms with Crippen LogP contribution in [0, 0.1) is 5.92 Å². The van der Waals surface area contributed by atoms with E-state index < -0.39 is 0 Å². The van der Waals surface area contributed by atoms with Crippen molar-refractivity contribution in [3.05, 3.63) is 0 Å². The summed E-state index contributed by atoms with van der Waals surface area (Å²) in [6.45, 7) is 7.27. The first-order chi connectivity index (χ1) is 6.50. The molecule has 0 radical (unpaired) electrons. The van der Waals surface area contributed by atoms with E-state index in [-0.39, 0.29) is 23.6 Å². The van der Waals surface area contributed by atoms with Crippen molar-refractivity contribution >= 4 is 5.91 Å². The number of carbonyl (C=O) groups is 1. The zero-order chi connectivity index (χ0) is 10.3. The Balaban J connectivity index is 2.13. The number of rotatable bonds is 0. The van der Waals surface area contributed by atoms with Gasteiger partial charge in [-0.05, 0) is 20.8 Å². The van der Waals surface area contributed by atoms with Gasteiger partial charge in [-0.15, -0.1) is 0 Å². The lowest BCUT2D eigenvalue weighted by Gasteiger charge is -2.42. The molecule has 2 rings (SSSR count). The monoisotopic (exact) mass is 199 g/mol. The van der Waals surface area contributed by atoms with Crippen LogP contribution in [-0.4, -0.2) is 35.8 Å². The molecule has 2 atom stereocenters. The second-order valence-electron chi connectivity index (χ2n) is 4.79. The highest BCUT2D eigenvalue weighted by molar-refractivity contribution is 5.81. The fourth-order valence-corrected chi connectivity index (χ4v) is 1.84. The molecular weight excluding hydrogens is 182 g/mol. The highest BCUT2D eigenvalue weighted by Crippen LogP contribution is 2.23. The summed E-state index contributed by atoms with van der Waals surface area (Å²) < 4.78 is 0. The molecule has 14 heavy (non-hydrogen) atoms. The van der Waals surface area contributed by atoms with Gasteiger partial charge in [-0.1, -0.05) is 0 Å². The van der Waals surface area contributed by atoms with Crippen LogP contribution in [0.2, 0.25) is 0 Å². The largest absolute Gasteiger partial charge is 0.325 e. The average molecular weight is 199 g/mol. The number of hydrogen-bond acceptors (Lipinski definition) is 4. The van der Waals surface area contributed by atoms with Crippen molar-refractivity contribution < 1.29 is 9.63 Å². The van der Waals surface area contributed by atoms with Gasteiger partial charge in [-0.3, -0.25) is 14.9 Å². The van der Waals surface area contributed by atoms with Gasteiger partial charge in [0.25, 0.3) is 0 Å². The zero-order valence-corrected chi connectivity index (χ0v) is 8.83. The minimum atomic E-state index is -0.152. The summed E-state index contributed by atoms with van der Waals surface area (Å²) in [7, 11) is 0. The molecule has 2 aliphatic heterocycles. The molecule has 0 aromatic carbocycles. The standard InChI is InChI=1S/C9H17N3O2/c1-9(2,3)12-5-10-7-6(8(12)13)4-11-14-7/h6-7,10-11H,4-5H2,1-3H3. The lowest BCUT2D eigenvalue weighted by Crippen LogP contribution is -2.61. The Morgan fingerprint density at radius 3 is 2.86 bits per heavy atom. The molecule has 2 heterocycles. The van der Waals surface area contributed by atoms with Crippen molar-refractivity contribution in [3.63, 3.8) is 0 Å². The first-order valence-electron chi connectivity index (χ1n) is 4.93. The van der Waals surface area contributed by atoms with Crippen molar-refractivity contribution in [1.82, 2.24) is 15.7 Å². The molecule has 2 aliphatic rings. The number of nitrogens with one attached hydrogen (secondary N) is 2. The van der Waals surface area contributed by atoms with E-state index in [9.17, 15) is 4.79 Å².